The molecule has 2 aromatic rings. The molecule has 0 fully saturated rings. The molecule has 2 rings (SSSR count). The van der Waals surface area contributed by atoms with E-state index in [0.717, 1.165) is 17.9 Å². The molecule has 1 atom stereocenters. The third kappa shape index (κ3) is 4.57. The van der Waals surface area contributed by atoms with Crippen LogP contribution in [0.25, 0.3) is 0 Å². The van der Waals surface area contributed by atoms with Gasteiger partial charge in [0.2, 0.25) is 0 Å². The minimum absolute atomic E-state index is 0.121. The van der Waals surface area contributed by atoms with Gasteiger partial charge in [-0.3, -0.25) is 10.1 Å². The number of sulfone groups is 1. The molecule has 2 aromatic carbocycles. The summed E-state index contributed by atoms with van der Waals surface area (Å²) in [6.07, 6.45) is 0.996. The summed E-state index contributed by atoms with van der Waals surface area (Å²) in [5, 5.41) is 14.6. The van der Waals surface area contributed by atoms with Crippen LogP contribution >= 0.6 is 0 Å². The van der Waals surface area contributed by atoms with Gasteiger partial charge < -0.3 is 5.32 Å². The number of anilines is 1. The first kappa shape index (κ1) is 19.8. The Morgan fingerprint density at radius 2 is 1.69 bits per heavy atom. The van der Waals surface area contributed by atoms with E-state index in [1.54, 1.807) is 12.1 Å². The molecule has 0 amide bonds. The zero-order valence-electron chi connectivity index (χ0n) is 15.0. The lowest BCUT2D eigenvalue weighted by Gasteiger charge is -2.32. The molecular formula is C18H21FN2O4S. The molecule has 26 heavy (non-hydrogen) atoms. The number of hydrogen-bond donors (Lipinski definition) is 1. The normalized spacial score (nSPS) is 13.3. The lowest BCUT2D eigenvalue weighted by atomic mass is 9.82. The molecule has 0 saturated carbocycles. The first-order valence-corrected chi connectivity index (χ1v) is 9.79. The van der Waals surface area contributed by atoms with E-state index in [9.17, 15) is 22.9 Å². The van der Waals surface area contributed by atoms with Gasteiger partial charge in [0.05, 0.1) is 15.9 Å². The van der Waals surface area contributed by atoms with Crippen molar-refractivity contribution in [2.24, 2.45) is 5.41 Å². The Morgan fingerprint density at radius 3 is 2.15 bits per heavy atom. The molecule has 0 aliphatic heterocycles. The van der Waals surface area contributed by atoms with Crippen LogP contribution in [0.15, 0.2) is 47.4 Å². The standard InChI is InChI=1S/C18H21FN2O4S/c1-18(2,3)17(12-5-7-13(19)8-6-12)20-15-10-9-14(26(4,24)25)11-16(15)21(22)23/h5-11,17,20H,1-4H3. The fourth-order valence-corrected chi connectivity index (χ4v) is 3.27. The van der Waals surface area contributed by atoms with Gasteiger partial charge in [-0.1, -0.05) is 32.9 Å². The van der Waals surface area contributed by atoms with Crippen molar-refractivity contribution in [2.75, 3.05) is 11.6 Å². The molecular weight excluding hydrogens is 359 g/mol. The second-order valence-corrected chi connectivity index (χ2v) is 9.22. The van der Waals surface area contributed by atoms with E-state index >= 15 is 0 Å². The predicted molar refractivity (Wildman–Crippen MR) is 98.4 cm³/mol. The largest absolute Gasteiger partial charge is 0.372 e. The Kier molecular flexibility index (Phi) is 5.36. The number of halogens is 1. The molecule has 8 heteroatoms. The third-order valence-electron chi connectivity index (χ3n) is 3.96. The monoisotopic (exact) mass is 380 g/mol. The topological polar surface area (TPSA) is 89.3 Å². The molecule has 0 radical (unpaired) electrons. The van der Waals surface area contributed by atoms with E-state index in [4.69, 9.17) is 0 Å². The van der Waals surface area contributed by atoms with E-state index in [1.807, 2.05) is 20.8 Å². The van der Waals surface area contributed by atoms with Crippen molar-refractivity contribution in [1.29, 1.82) is 0 Å². The number of hydrogen-bond acceptors (Lipinski definition) is 5. The Balaban J connectivity index is 2.51. The maximum atomic E-state index is 13.2. The van der Waals surface area contributed by atoms with Crippen molar-refractivity contribution in [3.8, 4) is 0 Å². The van der Waals surface area contributed by atoms with Crippen LogP contribution in [0.1, 0.15) is 32.4 Å². The van der Waals surface area contributed by atoms with E-state index in [2.05, 4.69) is 5.32 Å². The van der Waals surface area contributed by atoms with Crippen LogP contribution in [-0.2, 0) is 9.84 Å². The van der Waals surface area contributed by atoms with Crippen molar-refractivity contribution in [3.63, 3.8) is 0 Å². The highest BCUT2D eigenvalue weighted by molar-refractivity contribution is 7.90. The van der Waals surface area contributed by atoms with Gasteiger partial charge in [-0.05, 0) is 35.2 Å². The summed E-state index contributed by atoms with van der Waals surface area (Å²) in [7, 11) is -3.56. The average Bonchev–Trinajstić information content (AvgIpc) is 2.51. The second-order valence-electron chi connectivity index (χ2n) is 7.20. The quantitative estimate of drug-likeness (QED) is 0.616. The lowest BCUT2D eigenvalue weighted by molar-refractivity contribution is -0.384. The first-order chi connectivity index (χ1) is 11.9. The number of nitrogens with zero attached hydrogens (tertiary/aromatic N) is 1. The van der Waals surface area contributed by atoms with Gasteiger partial charge in [0.15, 0.2) is 9.84 Å². The van der Waals surface area contributed by atoms with Crippen LogP contribution in [-0.4, -0.2) is 19.6 Å². The molecule has 1 N–H and O–H groups in total. The van der Waals surface area contributed by atoms with Gasteiger partial charge in [-0.15, -0.1) is 0 Å². The Labute approximate surface area is 152 Å². The molecule has 6 nitrogen and oxygen atoms in total. The Bertz CT molecular complexity index is 919. The summed E-state index contributed by atoms with van der Waals surface area (Å²) in [4.78, 5) is 10.7. The Morgan fingerprint density at radius 1 is 1.12 bits per heavy atom. The van der Waals surface area contributed by atoms with E-state index in [-0.39, 0.29) is 33.5 Å². The molecule has 0 bridgehead atoms. The predicted octanol–water partition coefficient (Wildman–Crippen LogP) is 4.34. The van der Waals surface area contributed by atoms with Crippen molar-refractivity contribution in [2.45, 2.75) is 31.7 Å². The summed E-state index contributed by atoms with van der Waals surface area (Å²) in [6, 6.07) is 9.30. The van der Waals surface area contributed by atoms with Crippen molar-refractivity contribution < 1.29 is 17.7 Å². The second kappa shape index (κ2) is 7.03. The highest BCUT2D eigenvalue weighted by atomic mass is 32.2. The zero-order valence-corrected chi connectivity index (χ0v) is 15.8. The summed E-state index contributed by atoms with van der Waals surface area (Å²) in [5.41, 5.74) is 0.289. The summed E-state index contributed by atoms with van der Waals surface area (Å²) >= 11 is 0. The third-order valence-corrected chi connectivity index (χ3v) is 5.07. The van der Waals surface area contributed by atoms with Gasteiger partial charge in [0.25, 0.3) is 5.69 Å². The fraction of sp³-hybridized carbons (Fsp3) is 0.333. The summed E-state index contributed by atoms with van der Waals surface area (Å²) in [5.74, 6) is -0.370. The maximum Gasteiger partial charge on any atom is 0.293 e. The molecule has 140 valence electrons. The minimum Gasteiger partial charge on any atom is -0.372 e. The van der Waals surface area contributed by atoms with E-state index in [0.29, 0.717) is 0 Å². The number of rotatable bonds is 5. The van der Waals surface area contributed by atoms with Crippen molar-refractivity contribution in [1.82, 2.24) is 0 Å². The van der Waals surface area contributed by atoms with Crippen LogP contribution < -0.4 is 5.32 Å². The lowest BCUT2D eigenvalue weighted by Crippen LogP contribution is -2.26. The minimum atomic E-state index is -3.56. The smallest absolute Gasteiger partial charge is 0.293 e. The van der Waals surface area contributed by atoms with Gasteiger partial charge in [0.1, 0.15) is 11.5 Å². The van der Waals surface area contributed by atoms with Crippen LogP contribution in [0.5, 0.6) is 0 Å². The number of benzene rings is 2. The average molecular weight is 380 g/mol. The SMILES string of the molecule is CC(C)(C)C(Nc1ccc(S(C)(=O)=O)cc1[N+](=O)[O-])c1ccc(F)cc1. The zero-order chi connectivity index (χ0) is 19.7. The molecule has 1 unspecified atom stereocenters. The van der Waals surface area contributed by atoms with Gasteiger partial charge >= 0.3 is 0 Å². The fourth-order valence-electron chi connectivity index (χ4n) is 2.63. The number of nitro groups is 1. The number of nitro benzene ring substituents is 1. The number of nitrogens with one attached hydrogen (secondary N) is 1. The molecule has 0 heterocycles. The van der Waals surface area contributed by atoms with E-state index < -0.39 is 14.8 Å². The highest BCUT2D eigenvalue weighted by Gasteiger charge is 2.29. The van der Waals surface area contributed by atoms with Gasteiger partial charge in [0, 0.05) is 12.3 Å². The summed E-state index contributed by atoms with van der Waals surface area (Å²) in [6.45, 7) is 5.85. The first-order valence-electron chi connectivity index (χ1n) is 7.90. The van der Waals surface area contributed by atoms with Crippen LogP contribution in [0.4, 0.5) is 15.8 Å². The molecule has 0 aliphatic carbocycles. The van der Waals surface area contributed by atoms with Crippen molar-refractivity contribution in [3.05, 3.63) is 64.0 Å². The molecule has 0 aliphatic rings. The molecule has 0 saturated heterocycles. The van der Waals surface area contributed by atoms with Crippen molar-refractivity contribution >= 4 is 21.2 Å². The van der Waals surface area contributed by atoms with Gasteiger partial charge in [-0.2, -0.15) is 0 Å². The molecule has 0 aromatic heterocycles. The van der Waals surface area contributed by atoms with Crippen LogP contribution in [0.2, 0.25) is 0 Å². The van der Waals surface area contributed by atoms with Crippen LogP contribution in [0.3, 0.4) is 0 Å². The summed E-state index contributed by atoms with van der Waals surface area (Å²) < 4.78 is 36.6. The maximum absolute atomic E-state index is 13.2. The van der Waals surface area contributed by atoms with Crippen LogP contribution in [0, 0.1) is 21.3 Å². The van der Waals surface area contributed by atoms with E-state index in [1.165, 1.54) is 24.3 Å². The van der Waals surface area contributed by atoms with Gasteiger partial charge in [-0.25, -0.2) is 12.8 Å². The Hall–Kier alpha value is -2.48. The molecule has 0 spiro atoms. The highest BCUT2D eigenvalue weighted by Crippen LogP contribution is 2.38.